The maximum atomic E-state index is 12.0. The number of hydroxylamine groups is 1. The highest BCUT2D eigenvalue weighted by molar-refractivity contribution is 8.14. The Balaban J connectivity index is 4.29. The van der Waals surface area contributed by atoms with Gasteiger partial charge >= 0.3 is 18.1 Å². The number of halogens is 5. The highest BCUT2D eigenvalue weighted by atomic mass is 35.5. The van der Waals surface area contributed by atoms with Crippen LogP contribution < -0.4 is 5.43 Å². The van der Waals surface area contributed by atoms with Gasteiger partial charge in [-0.2, -0.15) is 13.2 Å². The highest BCUT2D eigenvalue weighted by Crippen LogP contribution is 2.17. The molecule has 0 bridgehead atoms. The lowest BCUT2D eigenvalue weighted by molar-refractivity contribution is -0.249. The minimum absolute atomic E-state index is 0.00839. The van der Waals surface area contributed by atoms with Crippen LogP contribution in [0.4, 0.5) is 13.2 Å². The summed E-state index contributed by atoms with van der Waals surface area (Å²) in [7, 11) is 0. The molecule has 0 rings (SSSR count). The zero-order valence-corrected chi connectivity index (χ0v) is 12.4. The van der Waals surface area contributed by atoms with Crippen LogP contribution in [0.5, 0.6) is 0 Å². The molecule has 0 heterocycles. The van der Waals surface area contributed by atoms with Crippen molar-refractivity contribution in [1.82, 2.24) is 10.6 Å². The van der Waals surface area contributed by atoms with Crippen LogP contribution in [0.15, 0.2) is 0 Å². The molecule has 0 fully saturated rings. The van der Waals surface area contributed by atoms with Crippen molar-refractivity contribution < 1.29 is 37.5 Å². The predicted octanol–water partition coefficient (Wildman–Crippen LogP) is 0.962. The molecule has 0 saturated carbocycles. The number of carbonyl (C=O) groups excluding carboxylic acids is 2. The van der Waals surface area contributed by atoms with Gasteiger partial charge in [0.05, 0.1) is 0 Å². The van der Waals surface area contributed by atoms with Gasteiger partial charge in [-0.25, -0.2) is 10.2 Å². The lowest BCUT2D eigenvalue weighted by Gasteiger charge is -2.20. The van der Waals surface area contributed by atoms with Crippen LogP contribution in [0.3, 0.4) is 0 Å². The first-order valence-corrected chi connectivity index (χ1v) is 6.86. The summed E-state index contributed by atoms with van der Waals surface area (Å²) >= 11 is 11.2. The Hall–Kier alpha value is -0.750. The molecule has 122 valence electrons. The Morgan fingerprint density at radius 1 is 1.33 bits per heavy atom. The average molecular weight is 373 g/mol. The van der Waals surface area contributed by atoms with E-state index in [2.05, 4.69) is 10.3 Å². The number of hydrazine groups is 1. The Kier molecular flexibility index (Phi) is 8.97. The zero-order valence-electron chi connectivity index (χ0n) is 10.0. The summed E-state index contributed by atoms with van der Waals surface area (Å²) in [6, 6.07) is 0. The van der Waals surface area contributed by atoms with Crippen molar-refractivity contribution in [3.63, 3.8) is 0 Å². The van der Waals surface area contributed by atoms with E-state index in [0.29, 0.717) is 11.8 Å². The van der Waals surface area contributed by atoms with E-state index in [1.165, 1.54) is 0 Å². The van der Waals surface area contributed by atoms with Gasteiger partial charge in [0.1, 0.15) is 6.54 Å². The van der Waals surface area contributed by atoms with Gasteiger partial charge in [-0.05, 0) is 0 Å². The van der Waals surface area contributed by atoms with Crippen molar-refractivity contribution in [1.29, 1.82) is 0 Å². The Morgan fingerprint density at radius 2 is 1.90 bits per heavy atom. The molecule has 21 heavy (non-hydrogen) atoms. The molecular formula is C8H9Cl2F3N2O5S. The predicted molar refractivity (Wildman–Crippen MR) is 67.5 cm³/mol. The van der Waals surface area contributed by atoms with E-state index in [-0.39, 0.29) is 17.5 Å². The summed E-state index contributed by atoms with van der Waals surface area (Å²) in [4.78, 5) is 34.6. The number of nitrogens with one attached hydrogen (secondary N) is 1. The third kappa shape index (κ3) is 9.74. The number of carbonyl (C=O) groups is 3. The zero-order chi connectivity index (χ0) is 16.6. The molecule has 0 aliphatic carbocycles. The van der Waals surface area contributed by atoms with Gasteiger partial charge in [0, 0.05) is 12.3 Å². The van der Waals surface area contributed by atoms with Gasteiger partial charge in [-0.1, -0.05) is 40.1 Å². The fraction of sp³-hybridized carbons (Fsp3) is 0.625. The van der Waals surface area contributed by atoms with E-state index in [1.807, 2.05) is 0 Å². The molecule has 0 amide bonds. The largest absolute Gasteiger partial charge is 0.492 e. The molecule has 2 N–H and O–H groups in total. The summed E-state index contributed by atoms with van der Waals surface area (Å²) in [5.74, 6) is -4.11. The number of alkyl halides is 5. The fourth-order valence-electron chi connectivity index (χ4n) is 0.780. The molecule has 0 aromatic heterocycles. The first-order chi connectivity index (χ1) is 9.54. The third-order valence-corrected chi connectivity index (χ3v) is 3.10. The molecule has 0 unspecified atom stereocenters. The number of aliphatic carboxylic acids is 1. The maximum Gasteiger partial charge on any atom is 0.492 e. The van der Waals surface area contributed by atoms with Gasteiger partial charge < -0.3 is 9.94 Å². The maximum absolute atomic E-state index is 12.0. The Bertz CT molecular complexity index is 397. The summed E-state index contributed by atoms with van der Waals surface area (Å²) in [6.07, 6.45) is -5.27. The number of carboxylic acid groups (broad SMARTS) is 1. The van der Waals surface area contributed by atoms with E-state index < -0.39 is 34.6 Å². The monoisotopic (exact) mass is 372 g/mol. The summed E-state index contributed by atoms with van der Waals surface area (Å²) in [5.41, 5.74) is 2.10. The minimum atomic E-state index is -5.27. The molecule has 13 heteroatoms. The summed E-state index contributed by atoms with van der Waals surface area (Å²) in [5, 5.41) is 7.98. The summed E-state index contributed by atoms with van der Waals surface area (Å²) in [6.45, 7) is -1.20. The standard InChI is InChI=1S/C8H9Cl2F3N2O5S/c9-5(10)6(18)21-2-1-14-15(3-4(16)17)20-7(19)8(11,12)13/h5,14H,1-3H2,(H,16,17). The van der Waals surface area contributed by atoms with E-state index in [9.17, 15) is 27.6 Å². The smallest absolute Gasteiger partial charge is 0.480 e. The number of hydrogen-bond acceptors (Lipinski definition) is 7. The van der Waals surface area contributed by atoms with Crippen molar-refractivity contribution in [2.24, 2.45) is 0 Å². The van der Waals surface area contributed by atoms with Crippen molar-refractivity contribution >= 4 is 52.0 Å². The molecule has 0 aliphatic heterocycles. The molecule has 0 aromatic rings. The van der Waals surface area contributed by atoms with Crippen LogP contribution in [0.1, 0.15) is 0 Å². The van der Waals surface area contributed by atoms with Crippen LogP contribution in [0, 0.1) is 0 Å². The highest BCUT2D eigenvalue weighted by Gasteiger charge is 2.42. The number of hydrogen-bond donors (Lipinski definition) is 2. The fourth-order valence-corrected chi connectivity index (χ4v) is 1.68. The van der Waals surface area contributed by atoms with Gasteiger partial charge in [0.2, 0.25) is 5.12 Å². The van der Waals surface area contributed by atoms with Crippen LogP contribution in [-0.2, 0) is 19.2 Å². The third-order valence-electron chi connectivity index (χ3n) is 1.52. The van der Waals surface area contributed by atoms with E-state index in [0.717, 1.165) is 0 Å². The van der Waals surface area contributed by atoms with E-state index in [1.54, 1.807) is 0 Å². The molecule has 7 nitrogen and oxygen atoms in total. The van der Waals surface area contributed by atoms with E-state index >= 15 is 0 Å². The Morgan fingerprint density at radius 3 is 2.33 bits per heavy atom. The molecule has 0 saturated heterocycles. The van der Waals surface area contributed by atoms with Crippen LogP contribution in [0.25, 0.3) is 0 Å². The molecule has 0 spiro atoms. The van der Waals surface area contributed by atoms with E-state index in [4.69, 9.17) is 28.3 Å². The molecule has 0 aliphatic rings. The molecule has 0 aromatic carbocycles. The van der Waals surface area contributed by atoms with Gasteiger partial charge in [0.25, 0.3) is 0 Å². The topological polar surface area (TPSA) is 95.9 Å². The second-order valence-electron chi connectivity index (χ2n) is 3.18. The number of rotatable bonds is 8. The second-order valence-corrected chi connectivity index (χ2v) is 5.38. The normalized spacial score (nSPS) is 11.8. The van der Waals surface area contributed by atoms with Crippen LogP contribution in [-0.4, -0.2) is 57.2 Å². The van der Waals surface area contributed by atoms with Gasteiger partial charge in [-0.15, -0.1) is 0 Å². The van der Waals surface area contributed by atoms with Crippen molar-refractivity contribution in [2.75, 3.05) is 18.8 Å². The van der Waals surface area contributed by atoms with Gasteiger partial charge in [0.15, 0.2) is 4.84 Å². The van der Waals surface area contributed by atoms with Gasteiger partial charge in [-0.3, -0.25) is 9.59 Å². The van der Waals surface area contributed by atoms with Crippen molar-refractivity contribution in [2.45, 2.75) is 11.0 Å². The average Bonchev–Trinajstić information content (AvgIpc) is 2.31. The molecule has 0 radical (unpaired) electrons. The first kappa shape index (κ1) is 20.2. The van der Waals surface area contributed by atoms with Crippen LogP contribution in [0.2, 0.25) is 0 Å². The molecule has 0 atom stereocenters. The van der Waals surface area contributed by atoms with Crippen LogP contribution >= 0.6 is 35.0 Å². The lowest BCUT2D eigenvalue weighted by Crippen LogP contribution is -2.46. The number of nitrogens with zero attached hydrogens (tertiary/aromatic N) is 1. The summed E-state index contributed by atoms with van der Waals surface area (Å²) < 4.78 is 35.9. The quantitative estimate of drug-likeness (QED) is 0.369. The van der Waals surface area contributed by atoms with Crippen molar-refractivity contribution in [3.05, 3.63) is 0 Å². The second kappa shape index (κ2) is 9.30. The lowest BCUT2D eigenvalue weighted by atomic mass is 10.6. The van der Waals surface area contributed by atoms with Crippen molar-refractivity contribution in [3.8, 4) is 0 Å². The first-order valence-electron chi connectivity index (χ1n) is 5.00. The SMILES string of the molecule is O=C(O)CN(NCCSC(=O)C(Cl)Cl)OC(=O)C(F)(F)F. The number of carboxylic acids is 1. The Labute approximate surface area is 130 Å². The molecular weight excluding hydrogens is 364 g/mol. The minimum Gasteiger partial charge on any atom is -0.480 e. The number of thioether (sulfide) groups is 1.